The summed E-state index contributed by atoms with van der Waals surface area (Å²) in [5.74, 6) is 0.211. The first-order chi connectivity index (χ1) is 16.5. The maximum Gasteiger partial charge on any atom is 0.252 e. The Morgan fingerprint density at radius 2 is 1.56 bits per heavy atom. The number of aromatic nitrogens is 2. The second-order valence-electron chi connectivity index (χ2n) is 7.45. The Bertz CT molecular complexity index is 1550. The van der Waals surface area contributed by atoms with Crippen LogP contribution in [0.3, 0.4) is 0 Å². The maximum absolute atomic E-state index is 13.7. The minimum absolute atomic E-state index is 0.206. The SMILES string of the molecule is COc1ccc(-c2nc3sc4ccccc4n3c2C(=O)C(=O)c2ccc(OC)c(OC)c2)cc1. The number of ketones is 2. The number of carbonyl (C=O) groups is 2. The van der Waals surface area contributed by atoms with Crippen LogP contribution in [0, 0.1) is 0 Å². The Morgan fingerprint density at radius 1 is 0.824 bits per heavy atom. The molecule has 0 saturated carbocycles. The zero-order valence-electron chi connectivity index (χ0n) is 18.7. The molecule has 0 aliphatic carbocycles. The van der Waals surface area contributed by atoms with Crippen molar-refractivity contribution in [2.45, 2.75) is 0 Å². The highest BCUT2D eigenvalue weighted by Gasteiger charge is 2.29. The standard InChI is InChI=1S/C26H20N2O5S/c1-31-17-11-8-15(9-12-17)22-23(28-18-6-4-5-7-21(18)34-26(28)27-22)25(30)24(29)16-10-13-19(32-2)20(14-16)33-3/h4-14H,1-3H3. The lowest BCUT2D eigenvalue weighted by atomic mass is 10.0. The van der Waals surface area contributed by atoms with Gasteiger partial charge in [0.25, 0.3) is 5.78 Å². The first kappa shape index (κ1) is 21.7. The largest absolute Gasteiger partial charge is 0.497 e. The molecular weight excluding hydrogens is 452 g/mol. The number of methoxy groups -OCH3 is 3. The van der Waals surface area contributed by atoms with Crippen LogP contribution in [0.25, 0.3) is 26.4 Å². The summed E-state index contributed by atoms with van der Waals surface area (Å²) in [7, 11) is 4.58. The molecule has 34 heavy (non-hydrogen) atoms. The summed E-state index contributed by atoms with van der Waals surface area (Å²) >= 11 is 1.46. The Hall–Kier alpha value is -4.17. The maximum atomic E-state index is 13.7. The summed E-state index contributed by atoms with van der Waals surface area (Å²) in [6, 6.07) is 19.6. The minimum Gasteiger partial charge on any atom is -0.497 e. The van der Waals surface area contributed by atoms with Crippen LogP contribution in [-0.4, -0.2) is 42.3 Å². The molecule has 170 valence electrons. The molecule has 7 nitrogen and oxygen atoms in total. The molecule has 0 N–H and O–H groups in total. The van der Waals surface area contributed by atoms with E-state index in [9.17, 15) is 9.59 Å². The van der Waals surface area contributed by atoms with Crippen LogP contribution >= 0.6 is 11.3 Å². The Labute approximate surface area is 199 Å². The number of ether oxygens (including phenoxy) is 3. The molecule has 0 aliphatic rings. The second-order valence-corrected chi connectivity index (χ2v) is 8.46. The minimum atomic E-state index is -0.659. The van der Waals surface area contributed by atoms with Gasteiger partial charge in [-0.15, -0.1) is 0 Å². The summed E-state index contributed by atoms with van der Waals surface area (Å²) < 4.78 is 18.6. The third kappa shape index (κ3) is 3.48. The van der Waals surface area contributed by atoms with Crippen molar-refractivity contribution in [3.05, 3.63) is 78.0 Å². The van der Waals surface area contributed by atoms with Crippen LogP contribution in [0.4, 0.5) is 0 Å². The summed E-state index contributed by atoms with van der Waals surface area (Å²) in [6.45, 7) is 0. The van der Waals surface area contributed by atoms with Crippen molar-refractivity contribution >= 4 is 38.1 Å². The number of hydrogen-bond donors (Lipinski definition) is 0. The predicted octanol–water partition coefficient (Wildman–Crippen LogP) is 5.31. The van der Waals surface area contributed by atoms with Crippen LogP contribution in [0.1, 0.15) is 20.8 Å². The lowest BCUT2D eigenvalue weighted by Crippen LogP contribution is -2.17. The van der Waals surface area contributed by atoms with Crippen LogP contribution in [0.2, 0.25) is 0 Å². The van der Waals surface area contributed by atoms with E-state index < -0.39 is 11.6 Å². The van der Waals surface area contributed by atoms with Gasteiger partial charge in [0.15, 0.2) is 16.5 Å². The number of para-hydroxylation sites is 1. The molecule has 0 aliphatic heterocycles. The summed E-state index contributed by atoms with van der Waals surface area (Å²) in [6.07, 6.45) is 0. The predicted molar refractivity (Wildman–Crippen MR) is 131 cm³/mol. The first-order valence-electron chi connectivity index (χ1n) is 10.4. The fraction of sp³-hybridized carbons (Fsp3) is 0.115. The lowest BCUT2D eigenvalue weighted by Gasteiger charge is -2.09. The van der Waals surface area contributed by atoms with Crippen LogP contribution in [0.15, 0.2) is 66.7 Å². The molecule has 0 fully saturated rings. The molecular formula is C26H20N2O5S. The molecule has 2 heterocycles. The highest BCUT2D eigenvalue weighted by molar-refractivity contribution is 7.23. The number of fused-ring (bicyclic) bond motifs is 3. The van der Waals surface area contributed by atoms with Crippen molar-refractivity contribution in [3.8, 4) is 28.5 Å². The van der Waals surface area contributed by atoms with E-state index in [0.717, 1.165) is 10.2 Å². The zero-order valence-corrected chi connectivity index (χ0v) is 19.5. The van der Waals surface area contributed by atoms with Gasteiger partial charge in [-0.05, 0) is 54.6 Å². The van der Waals surface area contributed by atoms with E-state index in [0.29, 0.717) is 33.5 Å². The third-order valence-electron chi connectivity index (χ3n) is 5.58. The topological polar surface area (TPSA) is 79.1 Å². The Kier molecular flexibility index (Phi) is 5.51. The first-order valence-corrected chi connectivity index (χ1v) is 11.2. The third-order valence-corrected chi connectivity index (χ3v) is 6.61. The van der Waals surface area contributed by atoms with Crippen molar-refractivity contribution in [3.63, 3.8) is 0 Å². The highest BCUT2D eigenvalue weighted by atomic mass is 32.1. The van der Waals surface area contributed by atoms with Gasteiger partial charge in [-0.2, -0.15) is 0 Å². The van der Waals surface area contributed by atoms with E-state index in [1.165, 1.54) is 31.6 Å². The monoisotopic (exact) mass is 472 g/mol. The quantitative estimate of drug-likeness (QED) is 0.236. The Balaban J connectivity index is 1.70. The fourth-order valence-electron chi connectivity index (χ4n) is 3.89. The molecule has 0 bridgehead atoms. The van der Waals surface area contributed by atoms with E-state index in [1.807, 2.05) is 36.4 Å². The number of imidazole rings is 1. The van der Waals surface area contributed by atoms with E-state index in [4.69, 9.17) is 19.2 Å². The lowest BCUT2D eigenvalue weighted by molar-refractivity contribution is 0.0814. The highest BCUT2D eigenvalue weighted by Crippen LogP contribution is 2.35. The molecule has 0 spiro atoms. The average Bonchev–Trinajstić information content (AvgIpc) is 3.43. The fourth-order valence-corrected chi connectivity index (χ4v) is 4.92. The molecule has 3 aromatic carbocycles. The number of carbonyl (C=O) groups excluding carboxylic acids is 2. The molecule has 0 atom stereocenters. The molecule has 8 heteroatoms. The molecule has 2 aromatic heterocycles. The van der Waals surface area contributed by atoms with E-state index in [2.05, 4.69) is 0 Å². The van der Waals surface area contributed by atoms with Gasteiger partial charge < -0.3 is 14.2 Å². The number of rotatable bonds is 7. The summed E-state index contributed by atoms with van der Waals surface area (Å²) in [5.41, 5.74) is 2.40. The van der Waals surface area contributed by atoms with E-state index in [-0.39, 0.29) is 11.3 Å². The van der Waals surface area contributed by atoms with Crippen molar-refractivity contribution in [1.82, 2.24) is 9.38 Å². The molecule has 0 amide bonds. The van der Waals surface area contributed by atoms with Crippen molar-refractivity contribution in [1.29, 1.82) is 0 Å². The Morgan fingerprint density at radius 3 is 2.26 bits per heavy atom. The summed E-state index contributed by atoms with van der Waals surface area (Å²) in [5, 5.41) is 0. The van der Waals surface area contributed by atoms with Crippen LogP contribution in [-0.2, 0) is 0 Å². The molecule has 0 saturated heterocycles. The summed E-state index contributed by atoms with van der Waals surface area (Å²) in [4.78, 5) is 32.5. The normalized spacial score (nSPS) is 11.0. The number of Topliss-reactive ketones (excluding diaryl/α,β-unsaturated/α-hetero) is 2. The van der Waals surface area contributed by atoms with Gasteiger partial charge in [-0.25, -0.2) is 4.98 Å². The van der Waals surface area contributed by atoms with Gasteiger partial charge in [0, 0.05) is 11.1 Å². The van der Waals surface area contributed by atoms with E-state index in [1.54, 1.807) is 35.8 Å². The molecule has 5 aromatic rings. The van der Waals surface area contributed by atoms with Crippen molar-refractivity contribution in [2.24, 2.45) is 0 Å². The number of nitrogens with zero attached hydrogens (tertiary/aromatic N) is 2. The van der Waals surface area contributed by atoms with Crippen molar-refractivity contribution < 1.29 is 23.8 Å². The van der Waals surface area contributed by atoms with Crippen molar-refractivity contribution in [2.75, 3.05) is 21.3 Å². The van der Waals surface area contributed by atoms with Gasteiger partial charge in [-0.3, -0.25) is 14.0 Å². The van der Waals surface area contributed by atoms with Gasteiger partial charge in [0.05, 0.1) is 31.5 Å². The average molecular weight is 473 g/mol. The van der Waals surface area contributed by atoms with Gasteiger partial charge in [0.1, 0.15) is 17.1 Å². The molecule has 0 unspecified atom stereocenters. The number of hydrogen-bond acceptors (Lipinski definition) is 7. The second kappa shape index (κ2) is 8.64. The smallest absolute Gasteiger partial charge is 0.252 e. The van der Waals surface area contributed by atoms with Gasteiger partial charge in [-0.1, -0.05) is 23.5 Å². The van der Waals surface area contributed by atoms with Crippen LogP contribution in [0.5, 0.6) is 17.2 Å². The zero-order chi connectivity index (χ0) is 23.8. The number of thiazole rings is 1. The van der Waals surface area contributed by atoms with Gasteiger partial charge in [0.2, 0.25) is 5.78 Å². The van der Waals surface area contributed by atoms with Crippen LogP contribution < -0.4 is 14.2 Å². The van der Waals surface area contributed by atoms with E-state index >= 15 is 0 Å². The van der Waals surface area contributed by atoms with Gasteiger partial charge >= 0.3 is 0 Å². The number of benzene rings is 3. The molecule has 0 radical (unpaired) electrons. The molecule has 5 rings (SSSR count).